The summed E-state index contributed by atoms with van der Waals surface area (Å²) < 4.78 is 13.3. The number of carbonyl (C=O) groups excluding carboxylic acids is 1. The van der Waals surface area contributed by atoms with E-state index in [4.69, 9.17) is 0 Å². The highest BCUT2D eigenvalue weighted by atomic mass is 79.9. The van der Waals surface area contributed by atoms with Crippen LogP contribution in [-0.4, -0.2) is 10.8 Å². The second kappa shape index (κ2) is 6.45. The van der Waals surface area contributed by atoms with E-state index in [1.54, 1.807) is 12.1 Å². The van der Waals surface area contributed by atoms with Crippen LogP contribution in [-0.2, 0) is 5.33 Å². The Hall–Kier alpha value is -2.28. The third-order valence-corrected chi connectivity index (χ3v) is 3.37. The number of nitro groups is 1. The highest BCUT2D eigenvalue weighted by Gasteiger charge is 2.15. The first-order chi connectivity index (χ1) is 10.0. The van der Waals surface area contributed by atoms with Crippen LogP contribution in [0.5, 0.6) is 0 Å². The molecule has 0 radical (unpaired) electrons. The summed E-state index contributed by atoms with van der Waals surface area (Å²) in [6, 6.07) is 9.84. The van der Waals surface area contributed by atoms with Crippen LogP contribution in [0.4, 0.5) is 15.8 Å². The molecule has 2 rings (SSSR count). The molecular formula is C14H10BrFN2O3. The van der Waals surface area contributed by atoms with Gasteiger partial charge in [0.05, 0.1) is 11.0 Å². The molecule has 0 heterocycles. The van der Waals surface area contributed by atoms with Crippen molar-refractivity contribution in [3.63, 3.8) is 0 Å². The Morgan fingerprint density at radius 1 is 1.29 bits per heavy atom. The van der Waals surface area contributed by atoms with Crippen molar-refractivity contribution in [1.82, 2.24) is 0 Å². The number of alkyl halides is 1. The number of benzene rings is 2. The molecule has 2 aromatic rings. The molecule has 21 heavy (non-hydrogen) atoms. The maximum Gasteiger partial charge on any atom is 0.273 e. The molecule has 0 aromatic heterocycles. The minimum Gasteiger partial charge on any atom is -0.322 e. The van der Waals surface area contributed by atoms with Crippen LogP contribution in [0, 0.1) is 15.9 Å². The number of non-ortho nitro benzene ring substituents is 1. The Bertz CT molecular complexity index is 706. The Morgan fingerprint density at radius 2 is 2.00 bits per heavy atom. The molecule has 1 N–H and O–H groups in total. The largest absolute Gasteiger partial charge is 0.322 e. The number of carbonyl (C=O) groups is 1. The van der Waals surface area contributed by atoms with E-state index in [-0.39, 0.29) is 5.56 Å². The van der Waals surface area contributed by atoms with Crippen molar-refractivity contribution in [1.29, 1.82) is 0 Å². The molecule has 108 valence electrons. The molecule has 5 nitrogen and oxygen atoms in total. The number of nitro benzene ring substituents is 1. The molecule has 0 bridgehead atoms. The second-order valence-corrected chi connectivity index (χ2v) is 4.76. The van der Waals surface area contributed by atoms with Gasteiger partial charge in [-0.05, 0) is 17.7 Å². The topological polar surface area (TPSA) is 72.2 Å². The van der Waals surface area contributed by atoms with Gasteiger partial charge in [0.25, 0.3) is 11.6 Å². The lowest BCUT2D eigenvalue weighted by molar-refractivity contribution is -0.385. The number of hydrogen-bond donors (Lipinski definition) is 1. The van der Waals surface area contributed by atoms with Crippen LogP contribution in [0.15, 0.2) is 42.5 Å². The second-order valence-electron chi connectivity index (χ2n) is 4.20. The number of halogens is 2. The van der Waals surface area contributed by atoms with Gasteiger partial charge in [0.1, 0.15) is 5.82 Å². The SMILES string of the molecule is O=C(Nc1ccccc1CBr)c1cc(F)cc([N+](=O)[O-])c1. The zero-order valence-electron chi connectivity index (χ0n) is 10.7. The van der Waals surface area contributed by atoms with E-state index in [1.165, 1.54) is 0 Å². The minimum absolute atomic E-state index is 0.105. The fraction of sp³-hybridized carbons (Fsp3) is 0.0714. The lowest BCUT2D eigenvalue weighted by atomic mass is 10.1. The Balaban J connectivity index is 2.30. The quantitative estimate of drug-likeness (QED) is 0.515. The van der Waals surface area contributed by atoms with Gasteiger partial charge < -0.3 is 5.32 Å². The van der Waals surface area contributed by atoms with Crippen LogP contribution in [0.1, 0.15) is 15.9 Å². The third kappa shape index (κ3) is 3.63. The summed E-state index contributed by atoms with van der Waals surface area (Å²) in [7, 11) is 0. The van der Waals surface area contributed by atoms with Crippen molar-refractivity contribution in [3.05, 3.63) is 69.5 Å². The number of rotatable bonds is 4. The Morgan fingerprint density at radius 3 is 2.67 bits per heavy atom. The predicted octanol–water partition coefficient (Wildman–Crippen LogP) is 3.88. The fourth-order valence-corrected chi connectivity index (χ4v) is 2.25. The summed E-state index contributed by atoms with van der Waals surface area (Å²) >= 11 is 3.30. The monoisotopic (exact) mass is 352 g/mol. The van der Waals surface area contributed by atoms with E-state index in [0.29, 0.717) is 11.0 Å². The normalized spacial score (nSPS) is 10.2. The molecule has 0 unspecified atom stereocenters. The van der Waals surface area contributed by atoms with Crippen molar-refractivity contribution >= 4 is 33.2 Å². The van der Waals surface area contributed by atoms with Crippen molar-refractivity contribution in [3.8, 4) is 0 Å². The molecule has 0 saturated heterocycles. The number of nitrogens with zero attached hydrogens (tertiary/aromatic N) is 1. The van der Waals surface area contributed by atoms with Gasteiger partial charge in [0.15, 0.2) is 0 Å². The van der Waals surface area contributed by atoms with Crippen LogP contribution in [0.2, 0.25) is 0 Å². The van der Waals surface area contributed by atoms with Crippen LogP contribution in [0.3, 0.4) is 0 Å². The van der Waals surface area contributed by atoms with Gasteiger partial charge in [-0.1, -0.05) is 34.1 Å². The molecular weight excluding hydrogens is 343 g/mol. The van der Waals surface area contributed by atoms with Crippen molar-refractivity contribution < 1.29 is 14.1 Å². The molecule has 0 spiro atoms. The van der Waals surface area contributed by atoms with Gasteiger partial charge in [0.2, 0.25) is 0 Å². The molecule has 0 atom stereocenters. The molecule has 0 aliphatic carbocycles. The van der Waals surface area contributed by atoms with Crippen molar-refractivity contribution in [2.45, 2.75) is 5.33 Å². The predicted molar refractivity (Wildman–Crippen MR) is 80.1 cm³/mol. The summed E-state index contributed by atoms with van der Waals surface area (Å²) in [4.78, 5) is 22.0. The average molecular weight is 353 g/mol. The molecule has 1 amide bonds. The third-order valence-electron chi connectivity index (χ3n) is 2.77. The van der Waals surface area contributed by atoms with E-state index in [0.717, 1.165) is 23.8 Å². The highest BCUT2D eigenvalue weighted by molar-refractivity contribution is 9.08. The summed E-state index contributed by atoms with van der Waals surface area (Å²) in [5.74, 6) is -1.44. The van der Waals surface area contributed by atoms with Crippen LogP contribution >= 0.6 is 15.9 Å². The maximum absolute atomic E-state index is 13.3. The molecule has 2 aromatic carbocycles. The molecule has 0 aliphatic rings. The summed E-state index contributed by atoms with van der Waals surface area (Å²) in [5, 5.41) is 13.8. The average Bonchev–Trinajstić information content (AvgIpc) is 2.47. The molecule has 0 fully saturated rings. The van der Waals surface area contributed by atoms with Crippen molar-refractivity contribution in [2.24, 2.45) is 0 Å². The van der Waals surface area contributed by atoms with E-state index in [1.807, 2.05) is 12.1 Å². The molecule has 7 heteroatoms. The maximum atomic E-state index is 13.3. The zero-order chi connectivity index (χ0) is 15.4. The number of amides is 1. The van der Waals surface area contributed by atoms with Gasteiger partial charge in [-0.15, -0.1) is 0 Å². The summed E-state index contributed by atoms with van der Waals surface area (Å²) in [6.45, 7) is 0. The smallest absolute Gasteiger partial charge is 0.273 e. The number of nitrogens with one attached hydrogen (secondary N) is 1. The number of para-hydroxylation sites is 1. The Labute approximate surface area is 128 Å². The van der Waals surface area contributed by atoms with Crippen LogP contribution < -0.4 is 5.32 Å². The van der Waals surface area contributed by atoms with Gasteiger partial charge in [-0.2, -0.15) is 0 Å². The van der Waals surface area contributed by atoms with E-state index >= 15 is 0 Å². The number of hydrogen-bond acceptors (Lipinski definition) is 3. The molecule has 0 aliphatic heterocycles. The van der Waals surface area contributed by atoms with Gasteiger partial charge in [-0.3, -0.25) is 14.9 Å². The van der Waals surface area contributed by atoms with E-state index in [2.05, 4.69) is 21.2 Å². The van der Waals surface area contributed by atoms with Gasteiger partial charge >= 0.3 is 0 Å². The zero-order valence-corrected chi connectivity index (χ0v) is 12.3. The van der Waals surface area contributed by atoms with Gasteiger partial charge in [0, 0.05) is 22.6 Å². The summed E-state index contributed by atoms with van der Waals surface area (Å²) in [5.41, 5.74) is 0.836. The highest BCUT2D eigenvalue weighted by Crippen LogP contribution is 2.21. The number of anilines is 1. The Kier molecular flexibility index (Phi) is 4.64. The first-order valence-electron chi connectivity index (χ1n) is 5.91. The lowest BCUT2D eigenvalue weighted by Crippen LogP contribution is -2.13. The lowest BCUT2D eigenvalue weighted by Gasteiger charge is -2.09. The fourth-order valence-electron chi connectivity index (χ4n) is 1.76. The van der Waals surface area contributed by atoms with Crippen LogP contribution in [0.25, 0.3) is 0 Å². The standard InChI is InChI=1S/C14H10BrFN2O3/c15-8-9-3-1-2-4-13(9)17-14(19)10-5-11(16)7-12(6-10)18(20)21/h1-7H,8H2,(H,17,19). The van der Waals surface area contributed by atoms with Crippen molar-refractivity contribution in [2.75, 3.05) is 5.32 Å². The first kappa shape index (κ1) is 15.1. The minimum atomic E-state index is -0.830. The van der Waals surface area contributed by atoms with E-state index in [9.17, 15) is 19.3 Å². The molecule has 0 saturated carbocycles. The van der Waals surface area contributed by atoms with E-state index < -0.39 is 22.3 Å². The summed E-state index contributed by atoms with van der Waals surface area (Å²) in [6.07, 6.45) is 0. The first-order valence-corrected chi connectivity index (χ1v) is 7.03. The van der Waals surface area contributed by atoms with Gasteiger partial charge in [-0.25, -0.2) is 4.39 Å².